The number of aromatic carboxylic acids is 2. The van der Waals surface area contributed by atoms with Gasteiger partial charge in [0.05, 0.1) is 11.9 Å². The van der Waals surface area contributed by atoms with E-state index in [-0.39, 0.29) is 37.0 Å². The van der Waals surface area contributed by atoms with Crippen LogP contribution in [0, 0.1) is 0 Å². The fourth-order valence-electron chi connectivity index (χ4n) is 2.79. The number of carbonyl (C=O) groups is 2. The van der Waals surface area contributed by atoms with Crippen LogP contribution in [0.15, 0.2) is 24.3 Å². The second kappa shape index (κ2) is 6.55. The summed E-state index contributed by atoms with van der Waals surface area (Å²) < 4.78 is 0. The zero-order valence-electron chi connectivity index (χ0n) is 11.7. The van der Waals surface area contributed by atoms with E-state index >= 15 is 0 Å². The molecule has 6 heteroatoms. The molecule has 0 aliphatic rings. The van der Waals surface area contributed by atoms with Gasteiger partial charge in [0, 0.05) is 24.3 Å². The first-order valence-electron chi connectivity index (χ1n) is 6.73. The van der Waals surface area contributed by atoms with E-state index in [0.717, 1.165) is 0 Å². The lowest BCUT2D eigenvalue weighted by atomic mass is 9.86. The molecule has 0 radical (unpaired) electrons. The van der Waals surface area contributed by atoms with Gasteiger partial charge in [0.1, 0.15) is 0 Å². The summed E-state index contributed by atoms with van der Waals surface area (Å²) in [5.74, 6) is -3.27. The molecular weight excluding hydrogens is 288 g/mol. The monoisotopic (exact) mass is 302 g/mol. The van der Waals surface area contributed by atoms with Crippen LogP contribution in [0.3, 0.4) is 0 Å². The highest BCUT2D eigenvalue weighted by molar-refractivity contribution is 6.12. The summed E-state index contributed by atoms with van der Waals surface area (Å²) in [7, 11) is 0. The molecule has 2 aromatic carbocycles. The molecule has 0 unspecified atom stereocenters. The Morgan fingerprint density at radius 3 is 1.82 bits per heavy atom. The average molecular weight is 302 g/mol. The first kappa shape index (κ1) is 15.9. The van der Waals surface area contributed by atoms with Crippen LogP contribution in [0.5, 0.6) is 0 Å². The van der Waals surface area contributed by atoms with Gasteiger partial charge in [-0.15, -0.1) is 0 Å². The lowest BCUT2D eigenvalue weighted by Crippen LogP contribution is -2.32. The second-order valence-electron chi connectivity index (χ2n) is 4.77. The Balaban J connectivity index is 3.02. The fraction of sp³-hybridized carbons (Fsp3) is 0.250. The van der Waals surface area contributed by atoms with Crippen molar-refractivity contribution < 1.29 is 30.0 Å². The number of carboxylic acid groups (broad SMARTS) is 2. The minimum absolute atomic E-state index is 0.0518. The van der Waals surface area contributed by atoms with Gasteiger partial charge in [-0.3, -0.25) is 0 Å². The number of carboxylic acids is 2. The molecule has 0 amide bonds. The number of rotatable bonds is 6. The molecule has 116 valence electrons. The summed E-state index contributed by atoms with van der Waals surface area (Å²) in [6, 6.07) is 6.40. The molecule has 0 bridgehead atoms. The van der Waals surface area contributed by atoms with Gasteiger partial charge in [0.15, 0.2) is 0 Å². The normalized spacial score (nSPS) is 10.8. The van der Waals surface area contributed by atoms with Gasteiger partial charge in [-0.2, -0.15) is 0 Å². The molecule has 2 N–H and O–H groups in total. The number of aliphatic hydroxyl groups is 2. The minimum Gasteiger partial charge on any atom is -0.545 e. The van der Waals surface area contributed by atoms with Gasteiger partial charge < -0.3 is 30.0 Å². The summed E-state index contributed by atoms with van der Waals surface area (Å²) in [6.07, 6.45) is 0.0905. The highest BCUT2D eigenvalue weighted by Crippen LogP contribution is 2.31. The Kier molecular flexibility index (Phi) is 4.75. The van der Waals surface area contributed by atoms with Crippen molar-refractivity contribution in [1.82, 2.24) is 0 Å². The molecule has 2 aromatic rings. The molecule has 0 aliphatic heterocycles. The van der Waals surface area contributed by atoms with Crippen molar-refractivity contribution in [1.29, 1.82) is 0 Å². The number of fused-ring (bicyclic) bond motifs is 1. The summed E-state index contributed by atoms with van der Waals surface area (Å²) >= 11 is 0. The van der Waals surface area contributed by atoms with Crippen LogP contribution < -0.4 is 10.2 Å². The number of hydrogen-bond acceptors (Lipinski definition) is 6. The molecule has 0 saturated heterocycles. The molecule has 0 saturated carbocycles. The summed E-state index contributed by atoms with van der Waals surface area (Å²) in [5, 5.41) is 42.1. The van der Waals surface area contributed by atoms with Crippen molar-refractivity contribution in [2.75, 3.05) is 13.2 Å². The van der Waals surface area contributed by atoms with E-state index in [1.807, 2.05) is 0 Å². The molecule has 0 atom stereocenters. The smallest absolute Gasteiger partial charge is 0.0728 e. The lowest BCUT2D eigenvalue weighted by Gasteiger charge is -2.23. The van der Waals surface area contributed by atoms with E-state index in [1.165, 1.54) is 6.07 Å². The fourth-order valence-corrected chi connectivity index (χ4v) is 2.79. The lowest BCUT2D eigenvalue weighted by molar-refractivity contribution is -0.259. The first-order valence-corrected chi connectivity index (χ1v) is 6.73. The van der Waals surface area contributed by atoms with Gasteiger partial charge in [0.2, 0.25) is 0 Å². The molecule has 0 spiro atoms. The zero-order chi connectivity index (χ0) is 16.3. The zero-order valence-corrected chi connectivity index (χ0v) is 11.7. The van der Waals surface area contributed by atoms with Crippen molar-refractivity contribution in [2.45, 2.75) is 12.8 Å². The van der Waals surface area contributed by atoms with Gasteiger partial charge in [-0.1, -0.05) is 24.3 Å². The van der Waals surface area contributed by atoms with E-state index in [0.29, 0.717) is 10.9 Å². The number of carbonyl (C=O) groups excluding carboxylic acids is 2. The van der Waals surface area contributed by atoms with Gasteiger partial charge in [0.25, 0.3) is 0 Å². The van der Waals surface area contributed by atoms with E-state index in [4.69, 9.17) is 0 Å². The second-order valence-corrected chi connectivity index (χ2v) is 4.77. The predicted molar refractivity (Wildman–Crippen MR) is 74.2 cm³/mol. The van der Waals surface area contributed by atoms with E-state index in [2.05, 4.69) is 0 Å². The van der Waals surface area contributed by atoms with E-state index in [1.54, 1.807) is 18.2 Å². The predicted octanol–water partition coefficient (Wildman–Crippen LogP) is -1.36. The van der Waals surface area contributed by atoms with Crippen molar-refractivity contribution in [3.05, 3.63) is 46.5 Å². The summed E-state index contributed by atoms with van der Waals surface area (Å²) in [4.78, 5) is 22.9. The molecule has 0 aromatic heterocycles. The molecule has 0 fully saturated rings. The Bertz CT molecular complexity index is 735. The average Bonchev–Trinajstić information content (AvgIpc) is 2.48. The largest absolute Gasteiger partial charge is 0.545 e. The van der Waals surface area contributed by atoms with E-state index < -0.39 is 23.1 Å². The van der Waals surface area contributed by atoms with Crippen molar-refractivity contribution in [3.8, 4) is 0 Å². The van der Waals surface area contributed by atoms with Crippen LogP contribution in [0.25, 0.3) is 10.8 Å². The summed E-state index contributed by atoms with van der Waals surface area (Å²) in [6.45, 7) is -0.594. The van der Waals surface area contributed by atoms with Gasteiger partial charge in [-0.05, 0) is 34.7 Å². The third kappa shape index (κ3) is 2.66. The summed E-state index contributed by atoms with van der Waals surface area (Å²) in [5.41, 5.74) is -0.289. The maximum absolute atomic E-state index is 11.5. The van der Waals surface area contributed by atoms with E-state index in [9.17, 15) is 30.0 Å². The van der Waals surface area contributed by atoms with Gasteiger partial charge >= 0.3 is 0 Å². The molecule has 0 heterocycles. The van der Waals surface area contributed by atoms with Crippen LogP contribution >= 0.6 is 0 Å². The molecule has 2 rings (SSSR count). The van der Waals surface area contributed by atoms with Crippen molar-refractivity contribution in [2.24, 2.45) is 0 Å². The molecular formula is C16H14O6-2. The highest BCUT2D eigenvalue weighted by Gasteiger charge is 2.19. The molecule has 22 heavy (non-hydrogen) atoms. The Morgan fingerprint density at radius 1 is 0.818 bits per heavy atom. The van der Waals surface area contributed by atoms with Crippen molar-refractivity contribution in [3.63, 3.8) is 0 Å². The van der Waals surface area contributed by atoms with Crippen LogP contribution in [-0.4, -0.2) is 35.4 Å². The third-order valence-corrected chi connectivity index (χ3v) is 3.57. The maximum atomic E-state index is 11.5. The number of benzene rings is 2. The van der Waals surface area contributed by atoms with Gasteiger partial charge in [-0.25, -0.2) is 0 Å². The third-order valence-electron chi connectivity index (χ3n) is 3.57. The quantitative estimate of drug-likeness (QED) is 0.679. The van der Waals surface area contributed by atoms with Crippen molar-refractivity contribution >= 4 is 22.7 Å². The van der Waals surface area contributed by atoms with Crippen LogP contribution in [-0.2, 0) is 12.8 Å². The van der Waals surface area contributed by atoms with Crippen LogP contribution in [0.2, 0.25) is 0 Å². The van der Waals surface area contributed by atoms with Crippen LogP contribution in [0.4, 0.5) is 0 Å². The Hall–Kier alpha value is -2.44. The Morgan fingerprint density at radius 2 is 1.32 bits per heavy atom. The SMILES string of the molecule is O=C([O-])c1c(CCO)c(CCO)c2ccccc2c1C(=O)[O-]. The number of hydrogen-bond donors (Lipinski definition) is 2. The Labute approximate surface area is 126 Å². The minimum atomic E-state index is -1.65. The first-order chi connectivity index (χ1) is 10.5. The topological polar surface area (TPSA) is 121 Å². The standard InChI is InChI=1S/C16H16O6/c17-7-5-10-9-3-1-2-4-11(9)13(15(19)20)14(16(21)22)12(10)6-8-18/h1-4,17-18H,5-8H2,(H,19,20)(H,21,22)/p-2. The molecule has 6 nitrogen and oxygen atoms in total. The molecule has 0 aliphatic carbocycles. The number of aliphatic hydroxyl groups excluding tert-OH is 2. The highest BCUT2D eigenvalue weighted by atomic mass is 16.4. The van der Waals surface area contributed by atoms with Crippen LogP contribution in [0.1, 0.15) is 31.8 Å². The maximum Gasteiger partial charge on any atom is 0.0728 e.